The van der Waals surface area contributed by atoms with E-state index in [1.165, 1.54) is 44.9 Å². The number of aromatic nitrogens is 2. The molecule has 20 heavy (non-hydrogen) atoms. The van der Waals surface area contributed by atoms with Gasteiger partial charge in [0.1, 0.15) is 11.6 Å². The lowest BCUT2D eigenvalue weighted by atomic mass is 9.95. The van der Waals surface area contributed by atoms with Crippen molar-refractivity contribution in [3.05, 3.63) is 6.07 Å². The van der Waals surface area contributed by atoms with Crippen LogP contribution in [-0.4, -0.2) is 22.6 Å². The first kappa shape index (κ1) is 14.9. The molecule has 1 saturated carbocycles. The van der Waals surface area contributed by atoms with Gasteiger partial charge in [0, 0.05) is 18.7 Å². The monoisotopic (exact) mass is 277 g/mol. The Bertz CT molecular complexity index is 401. The van der Waals surface area contributed by atoms with E-state index in [0.29, 0.717) is 17.8 Å². The molecule has 0 aromatic carbocycles. The van der Waals surface area contributed by atoms with Crippen LogP contribution in [0.5, 0.6) is 0 Å². The number of rotatable bonds is 7. The van der Waals surface area contributed by atoms with Gasteiger partial charge < -0.3 is 16.4 Å². The summed E-state index contributed by atoms with van der Waals surface area (Å²) in [6.07, 6.45) is 10.00. The van der Waals surface area contributed by atoms with Gasteiger partial charge in [0.25, 0.3) is 0 Å². The van der Waals surface area contributed by atoms with Crippen LogP contribution in [0.25, 0.3) is 0 Å². The molecule has 0 radical (unpaired) electrons. The van der Waals surface area contributed by atoms with Crippen molar-refractivity contribution in [2.45, 2.75) is 64.3 Å². The molecule has 1 aromatic rings. The van der Waals surface area contributed by atoms with Crippen molar-refractivity contribution in [1.29, 1.82) is 0 Å². The van der Waals surface area contributed by atoms with Crippen molar-refractivity contribution in [1.82, 2.24) is 9.97 Å². The van der Waals surface area contributed by atoms with Crippen molar-refractivity contribution < 1.29 is 0 Å². The van der Waals surface area contributed by atoms with Gasteiger partial charge in [-0.2, -0.15) is 9.97 Å². The predicted molar refractivity (Wildman–Crippen MR) is 85.0 cm³/mol. The van der Waals surface area contributed by atoms with Crippen LogP contribution in [0.4, 0.5) is 17.6 Å². The summed E-state index contributed by atoms with van der Waals surface area (Å²) in [5.74, 6) is 2.01. The number of hydrogen-bond donors (Lipinski definition) is 3. The Morgan fingerprint density at radius 2 is 2.00 bits per heavy atom. The minimum absolute atomic E-state index is 0.524. The second-order valence-electron chi connectivity index (χ2n) is 5.61. The van der Waals surface area contributed by atoms with Crippen molar-refractivity contribution in [3.63, 3.8) is 0 Å². The van der Waals surface area contributed by atoms with E-state index in [9.17, 15) is 0 Å². The third-order valence-corrected chi connectivity index (χ3v) is 3.77. The number of nitrogens with two attached hydrogens (primary N) is 1. The summed E-state index contributed by atoms with van der Waals surface area (Å²) in [4.78, 5) is 8.75. The zero-order valence-electron chi connectivity index (χ0n) is 12.5. The van der Waals surface area contributed by atoms with Crippen LogP contribution in [0.3, 0.4) is 0 Å². The second-order valence-corrected chi connectivity index (χ2v) is 5.61. The Labute approximate surface area is 121 Å². The zero-order valence-corrected chi connectivity index (χ0v) is 12.5. The smallest absolute Gasteiger partial charge is 0.226 e. The van der Waals surface area contributed by atoms with Crippen LogP contribution in [0.15, 0.2) is 6.07 Å². The lowest BCUT2D eigenvalue weighted by Crippen LogP contribution is -2.23. The van der Waals surface area contributed by atoms with Crippen LogP contribution in [0.2, 0.25) is 0 Å². The van der Waals surface area contributed by atoms with E-state index in [-0.39, 0.29) is 0 Å². The summed E-state index contributed by atoms with van der Waals surface area (Å²) in [5.41, 5.74) is 5.86. The highest BCUT2D eigenvalue weighted by molar-refractivity contribution is 5.50. The van der Waals surface area contributed by atoms with E-state index in [1.807, 2.05) is 6.07 Å². The molecule has 5 heteroatoms. The van der Waals surface area contributed by atoms with Gasteiger partial charge in [0.15, 0.2) is 0 Å². The maximum atomic E-state index is 5.86. The van der Waals surface area contributed by atoms with Crippen LogP contribution in [-0.2, 0) is 0 Å². The average molecular weight is 277 g/mol. The van der Waals surface area contributed by atoms with Crippen molar-refractivity contribution in [2.75, 3.05) is 22.9 Å². The molecule has 0 saturated heterocycles. The molecular weight excluding hydrogens is 250 g/mol. The number of nitrogen functional groups attached to an aromatic ring is 1. The standard InChI is InChI=1S/C15H27N5/c1-2-3-7-10-17-15-19-13(16)11-14(20-15)18-12-8-5-4-6-9-12/h11-12H,2-10H2,1H3,(H4,16,17,18,19,20). The molecule has 0 atom stereocenters. The molecule has 0 unspecified atom stereocenters. The highest BCUT2D eigenvalue weighted by Crippen LogP contribution is 2.22. The predicted octanol–water partition coefficient (Wildman–Crippen LogP) is 3.41. The summed E-state index contributed by atoms with van der Waals surface area (Å²) in [7, 11) is 0. The normalized spacial score (nSPS) is 16.1. The summed E-state index contributed by atoms with van der Waals surface area (Å²) >= 11 is 0. The van der Waals surface area contributed by atoms with Gasteiger partial charge in [-0.15, -0.1) is 0 Å². The molecule has 1 fully saturated rings. The Kier molecular flexibility index (Phi) is 5.89. The first-order valence-corrected chi connectivity index (χ1v) is 7.93. The summed E-state index contributed by atoms with van der Waals surface area (Å²) in [6.45, 7) is 3.10. The second kappa shape index (κ2) is 7.92. The van der Waals surface area contributed by atoms with Gasteiger partial charge in [-0.3, -0.25) is 0 Å². The summed E-state index contributed by atoms with van der Waals surface area (Å²) < 4.78 is 0. The zero-order chi connectivity index (χ0) is 14.2. The molecule has 112 valence electrons. The number of unbranched alkanes of at least 4 members (excludes halogenated alkanes) is 2. The Balaban J connectivity index is 1.89. The van der Waals surface area contributed by atoms with Crippen LogP contribution in [0, 0.1) is 0 Å². The van der Waals surface area contributed by atoms with E-state index >= 15 is 0 Å². The molecule has 1 heterocycles. The Hall–Kier alpha value is -1.52. The van der Waals surface area contributed by atoms with E-state index in [4.69, 9.17) is 5.73 Å². The van der Waals surface area contributed by atoms with E-state index < -0.39 is 0 Å². The first-order chi connectivity index (χ1) is 9.78. The number of nitrogens with zero attached hydrogens (tertiary/aromatic N) is 2. The van der Waals surface area contributed by atoms with Gasteiger partial charge in [-0.25, -0.2) is 0 Å². The minimum Gasteiger partial charge on any atom is -0.383 e. The van der Waals surface area contributed by atoms with Gasteiger partial charge >= 0.3 is 0 Å². The number of hydrogen-bond acceptors (Lipinski definition) is 5. The number of nitrogens with one attached hydrogen (secondary N) is 2. The lowest BCUT2D eigenvalue weighted by molar-refractivity contribution is 0.462. The molecule has 1 aliphatic carbocycles. The molecule has 0 spiro atoms. The van der Waals surface area contributed by atoms with Gasteiger partial charge in [-0.1, -0.05) is 39.0 Å². The molecule has 0 aliphatic heterocycles. The maximum absolute atomic E-state index is 5.86. The molecule has 0 bridgehead atoms. The Morgan fingerprint density at radius 1 is 1.20 bits per heavy atom. The molecule has 2 rings (SSSR count). The third kappa shape index (κ3) is 4.87. The SMILES string of the molecule is CCCCCNc1nc(N)cc(NC2CCCCC2)n1. The van der Waals surface area contributed by atoms with E-state index in [2.05, 4.69) is 27.5 Å². The Morgan fingerprint density at radius 3 is 2.75 bits per heavy atom. The summed E-state index contributed by atoms with van der Waals surface area (Å²) in [5, 5.41) is 6.75. The molecule has 1 aromatic heterocycles. The fraction of sp³-hybridized carbons (Fsp3) is 0.733. The topological polar surface area (TPSA) is 75.9 Å². The van der Waals surface area contributed by atoms with E-state index in [0.717, 1.165) is 18.8 Å². The minimum atomic E-state index is 0.524. The molecular formula is C15H27N5. The highest BCUT2D eigenvalue weighted by Gasteiger charge is 2.14. The molecule has 0 amide bonds. The fourth-order valence-electron chi connectivity index (χ4n) is 2.65. The highest BCUT2D eigenvalue weighted by atomic mass is 15.2. The number of anilines is 3. The quantitative estimate of drug-likeness (QED) is 0.666. The van der Waals surface area contributed by atoms with Crippen LogP contribution >= 0.6 is 0 Å². The van der Waals surface area contributed by atoms with Crippen molar-refractivity contribution in [2.24, 2.45) is 0 Å². The average Bonchev–Trinajstić information content (AvgIpc) is 2.44. The van der Waals surface area contributed by atoms with Gasteiger partial charge in [0.2, 0.25) is 5.95 Å². The molecule has 1 aliphatic rings. The third-order valence-electron chi connectivity index (χ3n) is 3.77. The molecule has 5 nitrogen and oxygen atoms in total. The van der Waals surface area contributed by atoms with Gasteiger partial charge in [0.05, 0.1) is 0 Å². The van der Waals surface area contributed by atoms with E-state index in [1.54, 1.807) is 0 Å². The first-order valence-electron chi connectivity index (χ1n) is 7.93. The van der Waals surface area contributed by atoms with Crippen LogP contribution in [0.1, 0.15) is 58.3 Å². The van der Waals surface area contributed by atoms with Crippen LogP contribution < -0.4 is 16.4 Å². The lowest BCUT2D eigenvalue weighted by Gasteiger charge is -2.23. The largest absolute Gasteiger partial charge is 0.383 e. The fourth-order valence-corrected chi connectivity index (χ4v) is 2.65. The van der Waals surface area contributed by atoms with Crippen molar-refractivity contribution in [3.8, 4) is 0 Å². The summed E-state index contributed by atoms with van der Waals surface area (Å²) in [6, 6.07) is 2.36. The van der Waals surface area contributed by atoms with Gasteiger partial charge in [-0.05, 0) is 19.3 Å². The maximum Gasteiger partial charge on any atom is 0.226 e. The molecule has 4 N–H and O–H groups in total. The van der Waals surface area contributed by atoms with Crippen molar-refractivity contribution >= 4 is 17.6 Å².